The normalized spacial score (nSPS) is 11.7. The molecule has 7 heteroatoms. The molecule has 1 aliphatic carbocycles. The molecule has 0 saturated heterocycles. The third-order valence-corrected chi connectivity index (χ3v) is 7.55. The fraction of sp³-hybridized carbons (Fsp3) is 0.250. The first-order valence-electron chi connectivity index (χ1n) is 15.5. The van der Waals surface area contributed by atoms with Gasteiger partial charge < -0.3 is 14.4 Å². The van der Waals surface area contributed by atoms with Crippen molar-refractivity contribution in [2.75, 3.05) is 20.6 Å². The number of esters is 1. The zero-order valence-corrected chi connectivity index (χ0v) is 29.4. The molecule has 0 fully saturated rings. The largest absolute Gasteiger partial charge is 0.476 e. The smallest absolute Gasteiger partial charge is 0.350 e. The minimum absolute atomic E-state index is 0. The average Bonchev–Trinajstić information content (AvgIpc) is 3.18. The molecule has 0 aliphatic heterocycles. The molecule has 0 radical (unpaired) electrons. The summed E-state index contributed by atoms with van der Waals surface area (Å²) in [5.74, 6) is -0.0659. The maximum atomic E-state index is 12.4. The molecule has 0 unspecified atom stereocenters. The van der Waals surface area contributed by atoms with E-state index in [4.69, 9.17) is 21.1 Å². The highest BCUT2D eigenvalue weighted by Crippen LogP contribution is 2.34. The second-order valence-corrected chi connectivity index (χ2v) is 12.6. The molecule has 0 atom stereocenters. The first-order valence-corrected chi connectivity index (χ1v) is 15.8. The number of carbonyl (C=O) groups is 2. The maximum Gasteiger partial charge on any atom is 0.350 e. The summed E-state index contributed by atoms with van der Waals surface area (Å²) in [6.07, 6.45) is 7.67. The SMILES string of the molecule is CC(C)OC(=O)C(C)(C)Oc1ccc(C(=O)c2ccc(Cl)cc2)cc1.CN(C)CCC=C1c2ccccc2C=Cc2ccccc21.Cl. The molecule has 246 valence electrons. The van der Waals surface area contributed by atoms with Crippen molar-refractivity contribution in [3.63, 3.8) is 0 Å². The highest BCUT2D eigenvalue weighted by molar-refractivity contribution is 6.30. The van der Waals surface area contributed by atoms with Gasteiger partial charge in [0.2, 0.25) is 0 Å². The summed E-state index contributed by atoms with van der Waals surface area (Å²) in [5, 5.41) is 0.579. The lowest BCUT2D eigenvalue weighted by Crippen LogP contribution is -2.40. The molecular formula is C40H43Cl2NO4. The highest BCUT2D eigenvalue weighted by Gasteiger charge is 2.32. The number of ketones is 1. The van der Waals surface area contributed by atoms with Crippen LogP contribution in [0.2, 0.25) is 5.02 Å². The molecule has 0 aromatic heterocycles. The topological polar surface area (TPSA) is 55.8 Å². The van der Waals surface area contributed by atoms with Gasteiger partial charge >= 0.3 is 5.97 Å². The Morgan fingerprint density at radius 2 is 1.28 bits per heavy atom. The van der Waals surface area contributed by atoms with Crippen molar-refractivity contribution in [1.29, 1.82) is 0 Å². The van der Waals surface area contributed by atoms with E-state index >= 15 is 0 Å². The van der Waals surface area contributed by atoms with E-state index in [-0.39, 0.29) is 24.3 Å². The van der Waals surface area contributed by atoms with Crippen molar-refractivity contribution in [1.82, 2.24) is 4.90 Å². The van der Waals surface area contributed by atoms with Gasteiger partial charge in [-0.15, -0.1) is 12.4 Å². The third-order valence-electron chi connectivity index (χ3n) is 7.30. The van der Waals surface area contributed by atoms with Crippen LogP contribution in [0.1, 0.15) is 72.3 Å². The van der Waals surface area contributed by atoms with E-state index < -0.39 is 11.6 Å². The molecular weight excluding hydrogens is 629 g/mol. The highest BCUT2D eigenvalue weighted by atomic mass is 35.5. The number of carbonyl (C=O) groups excluding carboxylic acids is 2. The van der Waals surface area contributed by atoms with Crippen LogP contribution >= 0.6 is 24.0 Å². The van der Waals surface area contributed by atoms with E-state index in [0.717, 1.165) is 13.0 Å². The Morgan fingerprint density at radius 3 is 1.77 bits per heavy atom. The van der Waals surface area contributed by atoms with Gasteiger partial charge in [0.05, 0.1) is 6.10 Å². The van der Waals surface area contributed by atoms with Crippen molar-refractivity contribution < 1.29 is 19.1 Å². The summed E-state index contributed by atoms with van der Waals surface area (Å²) >= 11 is 5.84. The minimum atomic E-state index is -1.12. The van der Waals surface area contributed by atoms with Crippen LogP contribution in [0.25, 0.3) is 17.7 Å². The van der Waals surface area contributed by atoms with Crippen LogP contribution in [0.4, 0.5) is 0 Å². The van der Waals surface area contributed by atoms with Gasteiger partial charge in [-0.2, -0.15) is 0 Å². The van der Waals surface area contributed by atoms with Gasteiger partial charge in [0.15, 0.2) is 11.4 Å². The van der Waals surface area contributed by atoms with Crippen molar-refractivity contribution in [3.05, 3.63) is 142 Å². The summed E-state index contributed by atoms with van der Waals surface area (Å²) in [6, 6.07) is 30.7. The van der Waals surface area contributed by atoms with E-state index in [1.807, 2.05) is 0 Å². The minimum Gasteiger partial charge on any atom is -0.476 e. The van der Waals surface area contributed by atoms with Crippen LogP contribution in [0.5, 0.6) is 5.75 Å². The lowest BCUT2D eigenvalue weighted by atomic mass is 9.93. The maximum absolute atomic E-state index is 12.4. The molecule has 47 heavy (non-hydrogen) atoms. The first kappa shape index (κ1) is 37.3. The predicted molar refractivity (Wildman–Crippen MR) is 197 cm³/mol. The third kappa shape index (κ3) is 10.4. The van der Waals surface area contributed by atoms with Gasteiger partial charge in [0.1, 0.15) is 5.75 Å². The predicted octanol–water partition coefficient (Wildman–Crippen LogP) is 9.66. The van der Waals surface area contributed by atoms with Crippen LogP contribution in [-0.4, -0.2) is 49.0 Å². The van der Waals surface area contributed by atoms with E-state index in [2.05, 4.69) is 85.8 Å². The molecule has 0 heterocycles. The Bertz CT molecular complexity index is 1650. The van der Waals surface area contributed by atoms with Crippen LogP contribution in [0.3, 0.4) is 0 Å². The number of ether oxygens (including phenoxy) is 2. The van der Waals surface area contributed by atoms with E-state index in [0.29, 0.717) is 21.9 Å². The van der Waals surface area contributed by atoms with Crippen molar-refractivity contribution in [2.24, 2.45) is 0 Å². The number of fused-ring (bicyclic) bond motifs is 2. The summed E-state index contributed by atoms with van der Waals surface area (Å²) in [6.45, 7) is 7.92. The molecule has 0 spiro atoms. The van der Waals surface area contributed by atoms with Gasteiger partial charge in [0.25, 0.3) is 0 Å². The van der Waals surface area contributed by atoms with Gasteiger partial charge in [-0.25, -0.2) is 4.79 Å². The fourth-order valence-corrected chi connectivity index (χ4v) is 5.05. The molecule has 4 aromatic carbocycles. The molecule has 0 saturated carbocycles. The van der Waals surface area contributed by atoms with Crippen molar-refractivity contribution in [2.45, 2.75) is 45.8 Å². The zero-order chi connectivity index (χ0) is 33.3. The lowest BCUT2D eigenvalue weighted by Gasteiger charge is -2.25. The monoisotopic (exact) mass is 671 g/mol. The Morgan fingerprint density at radius 1 is 0.787 bits per heavy atom. The Labute approximate surface area is 290 Å². The summed E-state index contributed by atoms with van der Waals surface area (Å²) in [4.78, 5) is 26.7. The zero-order valence-electron chi connectivity index (χ0n) is 27.8. The molecule has 5 rings (SSSR count). The first-order chi connectivity index (χ1) is 21.9. The van der Waals surface area contributed by atoms with E-state index in [9.17, 15) is 9.59 Å². The van der Waals surface area contributed by atoms with Gasteiger partial charge in [-0.1, -0.05) is 78.4 Å². The molecule has 1 aliphatic rings. The molecule has 0 amide bonds. The standard InChI is InChI=1S/C20H21ClO4.C20H21N.ClH/c1-13(2)24-19(23)20(3,4)25-17-11-7-15(8-12-17)18(22)14-5-9-16(21)10-6-14;1-21(2)15-7-12-20-18-10-5-3-8-16(18)13-14-17-9-4-6-11-19(17)20;/h5-13H,1-4H3;3-6,8-14H,7,15H2,1-2H3;1H. The van der Waals surface area contributed by atoms with Gasteiger partial charge in [-0.3, -0.25) is 4.79 Å². The fourth-order valence-electron chi connectivity index (χ4n) is 4.92. The van der Waals surface area contributed by atoms with Crippen molar-refractivity contribution >= 4 is 53.5 Å². The number of rotatable bonds is 9. The number of hydrogen-bond acceptors (Lipinski definition) is 5. The van der Waals surface area contributed by atoms with E-state index in [1.54, 1.807) is 76.2 Å². The summed E-state index contributed by atoms with van der Waals surface area (Å²) in [7, 11) is 4.24. The Balaban J connectivity index is 0.000000253. The lowest BCUT2D eigenvalue weighted by molar-refractivity contribution is -0.163. The van der Waals surface area contributed by atoms with E-state index in [1.165, 1.54) is 27.8 Å². The number of benzene rings is 4. The summed E-state index contributed by atoms with van der Waals surface area (Å²) < 4.78 is 10.9. The van der Waals surface area contributed by atoms with Crippen LogP contribution < -0.4 is 4.74 Å². The quantitative estimate of drug-likeness (QED) is 0.115. The van der Waals surface area contributed by atoms with Crippen LogP contribution in [0.15, 0.2) is 103 Å². The molecule has 4 aromatic rings. The average molecular weight is 673 g/mol. The molecule has 0 bridgehead atoms. The van der Waals surface area contributed by atoms with Gasteiger partial charge in [0, 0.05) is 22.7 Å². The number of hydrogen-bond donors (Lipinski definition) is 0. The van der Waals surface area contributed by atoms with Crippen LogP contribution in [0, 0.1) is 0 Å². The molecule has 0 N–H and O–H groups in total. The molecule has 5 nitrogen and oxygen atoms in total. The Hall–Kier alpha value is -4.16. The number of halogens is 2. The van der Waals surface area contributed by atoms with Gasteiger partial charge in [-0.05, 0) is 125 Å². The second kappa shape index (κ2) is 17.1. The van der Waals surface area contributed by atoms with Crippen molar-refractivity contribution in [3.8, 4) is 5.75 Å². The second-order valence-electron chi connectivity index (χ2n) is 12.1. The van der Waals surface area contributed by atoms with Crippen LogP contribution in [-0.2, 0) is 9.53 Å². The number of nitrogens with zero attached hydrogens (tertiary/aromatic N) is 1. The summed E-state index contributed by atoms with van der Waals surface area (Å²) in [5.41, 5.74) is 6.57. The Kier molecular flexibility index (Phi) is 13.6.